The molecule has 0 bridgehead atoms. The lowest BCUT2D eigenvalue weighted by Gasteiger charge is -2.60. The number of anilines is 4. The van der Waals surface area contributed by atoms with E-state index in [2.05, 4.69) is 61.6 Å². The van der Waals surface area contributed by atoms with Crippen LogP contribution in [0.1, 0.15) is 37.7 Å². The molecule has 1 aromatic carbocycles. The maximum atomic E-state index is 13.0. The molecule has 2 amide bonds. The lowest BCUT2D eigenvalue weighted by molar-refractivity contribution is -0.126. The van der Waals surface area contributed by atoms with Crippen molar-refractivity contribution < 1.29 is 9.59 Å². The molecule has 182 valence electrons. The van der Waals surface area contributed by atoms with Gasteiger partial charge in [0.2, 0.25) is 11.9 Å². The summed E-state index contributed by atoms with van der Waals surface area (Å²) in [5.74, 6) is 0.919. The number of nitrogens with zero attached hydrogens (tertiary/aromatic N) is 5. The highest BCUT2D eigenvalue weighted by atomic mass is 16.2. The van der Waals surface area contributed by atoms with Crippen molar-refractivity contribution in [2.75, 3.05) is 48.3 Å². The molecule has 1 saturated carbocycles. The molecule has 4 fully saturated rings. The molecule has 5 aliphatic rings. The monoisotopic (exact) mass is 473 g/mol. The Kier molecular flexibility index (Phi) is 4.46. The summed E-state index contributed by atoms with van der Waals surface area (Å²) in [6.45, 7) is 4.67. The number of rotatable bonds is 4. The maximum absolute atomic E-state index is 13.0. The number of hydrogen-bond donors (Lipinski definition) is 2. The quantitative estimate of drug-likeness (QED) is 0.652. The largest absolute Gasteiger partial charge is 0.370 e. The lowest BCUT2D eigenvalue weighted by Crippen LogP contribution is -2.71. The molecule has 1 atom stereocenters. The first-order valence-corrected chi connectivity index (χ1v) is 12.7. The van der Waals surface area contributed by atoms with Gasteiger partial charge in [0.15, 0.2) is 0 Å². The zero-order chi connectivity index (χ0) is 23.8. The van der Waals surface area contributed by atoms with Crippen LogP contribution < -0.4 is 20.4 Å². The van der Waals surface area contributed by atoms with Crippen molar-refractivity contribution in [1.82, 2.24) is 20.2 Å². The molecule has 0 radical (unpaired) electrons. The molecule has 1 aliphatic carbocycles. The van der Waals surface area contributed by atoms with Gasteiger partial charge in [-0.05, 0) is 44.2 Å². The van der Waals surface area contributed by atoms with E-state index in [0.717, 1.165) is 55.8 Å². The predicted molar refractivity (Wildman–Crippen MR) is 133 cm³/mol. The molecular formula is C26H31N7O2. The van der Waals surface area contributed by atoms with Gasteiger partial charge >= 0.3 is 0 Å². The fourth-order valence-electron chi connectivity index (χ4n) is 7.18. The summed E-state index contributed by atoms with van der Waals surface area (Å²) in [5, 5.41) is 5.89. The number of benzene rings is 1. The van der Waals surface area contributed by atoms with Crippen molar-refractivity contribution in [3.8, 4) is 0 Å². The highest BCUT2D eigenvalue weighted by molar-refractivity contribution is 6.11. The summed E-state index contributed by atoms with van der Waals surface area (Å²) >= 11 is 0. The van der Waals surface area contributed by atoms with E-state index in [4.69, 9.17) is 4.98 Å². The minimum absolute atomic E-state index is 0.191. The van der Waals surface area contributed by atoms with Crippen molar-refractivity contribution >= 4 is 35.0 Å². The Hall–Kier alpha value is -3.20. The summed E-state index contributed by atoms with van der Waals surface area (Å²) in [6.07, 6.45) is 6.81. The molecule has 35 heavy (non-hydrogen) atoms. The van der Waals surface area contributed by atoms with Crippen molar-refractivity contribution in [2.45, 2.75) is 50.1 Å². The molecule has 3 saturated heterocycles. The number of carbonyl (C=O) groups is 2. The van der Waals surface area contributed by atoms with E-state index < -0.39 is 5.54 Å². The molecule has 9 nitrogen and oxygen atoms in total. The number of hydrogen-bond acceptors (Lipinski definition) is 8. The molecule has 1 unspecified atom stereocenters. The average Bonchev–Trinajstić information content (AvgIpc) is 3.48. The van der Waals surface area contributed by atoms with E-state index >= 15 is 0 Å². The summed E-state index contributed by atoms with van der Waals surface area (Å²) in [6, 6.07) is 8.68. The molecule has 9 heteroatoms. The van der Waals surface area contributed by atoms with Crippen molar-refractivity contribution in [3.05, 3.63) is 36.0 Å². The number of nitrogens with one attached hydrogen (secondary N) is 2. The van der Waals surface area contributed by atoms with Crippen LogP contribution in [0.5, 0.6) is 0 Å². The second-order valence-electron chi connectivity index (χ2n) is 11.3. The third kappa shape index (κ3) is 3.24. The van der Waals surface area contributed by atoms with E-state index in [1.807, 2.05) is 6.20 Å². The van der Waals surface area contributed by atoms with E-state index in [1.54, 1.807) is 0 Å². The minimum Gasteiger partial charge on any atom is -0.370 e. The first-order valence-electron chi connectivity index (χ1n) is 12.7. The summed E-state index contributed by atoms with van der Waals surface area (Å²) in [4.78, 5) is 41.6. The predicted octanol–water partition coefficient (Wildman–Crippen LogP) is 2.06. The molecule has 2 spiro atoms. The summed E-state index contributed by atoms with van der Waals surface area (Å²) in [7, 11) is 2.18. The zero-order valence-electron chi connectivity index (χ0n) is 20.1. The van der Waals surface area contributed by atoms with Gasteiger partial charge < -0.3 is 20.0 Å². The number of carbonyl (C=O) groups excluding carboxylic acids is 2. The number of fused-ring (bicyclic) bond motifs is 1. The standard InChI is InChI=1S/C26H31N7O2/c1-31-13-25(14-31)15-32(16-25)19-8-6-18(7-9-19)28-24-27-12-17-10-26(11-21(34)29-23(26)35)33(22(17)30-24)20-4-2-3-5-20/h6-9,12,20H,2-5,10-11,13-16H2,1H3,(H,27,28,30)(H,29,34,35). The Bertz CT molecular complexity index is 1190. The molecular weight excluding hydrogens is 442 g/mol. The van der Waals surface area contributed by atoms with Crippen molar-refractivity contribution in [2.24, 2.45) is 5.41 Å². The summed E-state index contributed by atoms with van der Waals surface area (Å²) in [5.41, 5.74) is 2.77. The number of imide groups is 1. The second-order valence-corrected chi connectivity index (χ2v) is 11.3. The van der Waals surface area contributed by atoms with E-state index in [9.17, 15) is 9.59 Å². The van der Waals surface area contributed by atoms with Crippen LogP contribution in [0.25, 0.3) is 0 Å². The normalized spacial score (nSPS) is 27.3. The van der Waals surface area contributed by atoms with Gasteiger partial charge in [-0.25, -0.2) is 4.98 Å². The van der Waals surface area contributed by atoms with E-state index in [-0.39, 0.29) is 24.3 Å². The topological polar surface area (TPSA) is 93.7 Å². The highest BCUT2D eigenvalue weighted by Crippen LogP contribution is 2.46. The Labute approximate surface area is 204 Å². The third-order valence-corrected chi connectivity index (χ3v) is 8.58. The van der Waals surface area contributed by atoms with Crippen LogP contribution in [-0.4, -0.2) is 71.5 Å². The maximum Gasteiger partial charge on any atom is 0.253 e. The van der Waals surface area contributed by atoms with Crippen LogP contribution in [0, 0.1) is 5.41 Å². The SMILES string of the molecule is CN1CC2(C1)CN(c1ccc(Nc3ncc4c(n3)N(C3CCCC3)C3(CC(=O)NC3=O)C4)cc1)C2. The van der Waals surface area contributed by atoms with Crippen LogP contribution in [0.2, 0.25) is 0 Å². The number of aromatic nitrogens is 2. The van der Waals surface area contributed by atoms with Gasteiger partial charge in [0.1, 0.15) is 11.4 Å². The van der Waals surface area contributed by atoms with Crippen molar-refractivity contribution in [1.29, 1.82) is 0 Å². The minimum atomic E-state index is -0.854. The Morgan fingerprint density at radius 1 is 1.03 bits per heavy atom. The van der Waals surface area contributed by atoms with Gasteiger partial charge in [0.05, 0.1) is 6.42 Å². The van der Waals surface area contributed by atoms with E-state index in [1.165, 1.54) is 18.8 Å². The fraction of sp³-hybridized carbons (Fsp3) is 0.538. The summed E-state index contributed by atoms with van der Waals surface area (Å²) < 4.78 is 0. The Balaban J connectivity index is 1.11. The molecule has 7 rings (SSSR count). The number of likely N-dealkylation sites (tertiary alicyclic amines) is 1. The van der Waals surface area contributed by atoms with Crippen LogP contribution in [0.15, 0.2) is 30.5 Å². The Morgan fingerprint density at radius 2 is 1.77 bits per heavy atom. The Morgan fingerprint density at radius 3 is 2.43 bits per heavy atom. The lowest BCUT2D eigenvalue weighted by atomic mass is 9.73. The molecule has 5 heterocycles. The first-order chi connectivity index (χ1) is 16.9. The molecule has 2 aromatic rings. The average molecular weight is 474 g/mol. The van der Waals surface area contributed by atoms with Crippen LogP contribution in [0.3, 0.4) is 0 Å². The molecule has 4 aliphatic heterocycles. The third-order valence-electron chi connectivity index (χ3n) is 8.58. The van der Waals surface area contributed by atoms with Gasteiger partial charge in [0.25, 0.3) is 5.91 Å². The van der Waals surface area contributed by atoms with Gasteiger partial charge in [-0.1, -0.05) is 12.8 Å². The number of amides is 2. The van der Waals surface area contributed by atoms with Gasteiger partial charge in [-0.3, -0.25) is 14.9 Å². The van der Waals surface area contributed by atoms with E-state index in [0.29, 0.717) is 17.8 Å². The fourth-order valence-corrected chi connectivity index (χ4v) is 7.18. The van der Waals surface area contributed by atoms with Crippen LogP contribution in [-0.2, 0) is 16.0 Å². The molecule has 1 aromatic heterocycles. The van der Waals surface area contributed by atoms with Crippen LogP contribution in [0.4, 0.5) is 23.1 Å². The highest BCUT2D eigenvalue weighted by Gasteiger charge is 2.58. The smallest absolute Gasteiger partial charge is 0.253 e. The van der Waals surface area contributed by atoms with Crippen molar-refractivity contribution in [3.63, 3.8) is 0 Å². The first kappa shape index (κ1) is 21.1. The van der Waals surface area contributed by atoms with Gasteiger partial charge in [-0.2, -0.15) is 4.98 Å². The van der Waals surface area contributed by atoms with Gasteiger partial charge in [-0.15, -0.1) is 0 Å². The molecule has 2 N–H and O–H groups in total. The second kappa shape index (κ2) is 7.40. The van der Waals surface area contributed by atoms with Gasteiger partial charge in [0, 0.05) is 67.2 Å². The van der Waals surface area contributed by atoms with Crippen LogP contribution >= 0.6 is 0 Å². The zero-order valence-corrected chi connectivity index (χ0v) is 20.1.